The van der Waals surface area contributed by atoms with E-state index >= 15 is 0 Å². The van der Waals surface area contributed by atoms with Gasteiger partial charge in [-0.25, -0.2) is 4.58 Å². The number of hydrogen-bond donors (Lipinski definition) is 1. The van der Waals surface area contributed by atoms with E-state index in [1.54, 1.807) is 10.8 Å². The molecular weight excluding hydrogens is 198 g/mol. The van der Waals surface area contributed by atoms with Crippen molar-refractivity contribution in [2.24, 2.45) is 5.10 Å². The van der Waals surface area contributed by atoms with Crippen molar-refractivity contribution >= 4 is 18.6 Å². The molecule has 0 saturated carbocycles. The molecule has 0 aliphatic carbocycles. The van der Waals surface area contributed by atoms with Gasteiger partial charge in [-0.1, -0.05) is 24.8 Å². The lowest BCUT2D eigenvalue weighted by atomic mass is 10.3. The number of hydrazone groups is 1. The highest BCUT2D eigenvalue weighted by atomic mass is 15.3. The second-order valence-electron chi connectivity index (χ2n) is 3.38. The highest BCUT2D eigenvalue weighted by Gasteiger charge is 1.86. The number of benzene rings is 1. The molecule has 3 heteroatoms. The standard InChI is InChI=1S/C13H16N3/c1-12(9-10-16(2)3)11-14-15-13-7-5-4-6-8-13/h4-11,15H,1-2H2,3H3/q+1/b10-9-,14-11+. The Morgan fingerprint density at radius 1 is 1.38 bits per heavy atom. The number of hydrogen-bond acceptors (Lipinski definition) is 2. The van der Waals surface area contributed by atoms with E-state index in [2.05, 4.69) is 23.8 Å². The second-order valence-corrected chi connectivity index (χ2v) is 3.38. The minimum atomic E-state index is 0.805. The summed E-state index contributed by atoms with van der Waals surface area (Å²) >= 11 is 0. The average Bonchev–Trinajstić information content (AvgIpc) is 2.28. The number of anilines is 1. The molecule has 0 heterocycles. The molecule has 0 amide bonds. The Balaban J connectivity index is 2.43. The fraction of sp³-hybridized carbons (Fsp3) is 0.0769. The largest absolute Gasteiger partial charge is 0.279 e. The van der Waals surface area contributed by atoms with E-state index in [-0.39, 0.29) is 0 Å². The molecule has 0 unspecified atom stereocenters. The monoisotopic (exact) mass is 214 g/mol. The van der Waals surface area contributed by atoms with E-state index in [0.29, 0.717) is 0 Å². The molecule has 0 saturated heterocycles. The number of para-hydroxylation sites is 1. The van der Waals surface area contributed by atoms with Crippen LogP contribution in [-0.2, 0) is 0 Å². The zero-order valence-corrected chi connectivity index (χ0v) is 9.43. The third-order valence-corrected chi connectivity index (χ3v) is 1.74. The number of nitrogens with one attached hydrogen (secondary N) is 1. The van der Waals surface area contributed by atoms with Crippen LogP contribution in [0.2, 0.25) is 0 Å². The first-order valence-electron chi connectivity index (χ1n) is 4.93. The van der Waals surface area contributed by atoms with Gasteiger partial charge in [0.1, 0.15) is 13.8 Å². The van der Waals surface area contributed by atoms with Crippen LogP contribution in [0.25, 0.3) is 0 Å². The molecule has 1 rings (SSSR count). The van der Waals surface area contributed by atoms with Crippen molar-refractivity contribution in [1.82, 2.24) is 0 Å². The summed E-state index contributed by atoms with van der Waals surface area (Å²) in [5.41, 5.74) is 4.66. The third-order valence-electron chi connectivity index (χ3n) is 1.74. The van der Waals surface area contributed by atoms with Crippen LogP contribution in [0.5, 0.6) is 0 Å². The van der Waals surface area contributed by atoms with Crippen LogP contribution >= 0.6 is 0 Å². The molecular formula is C13H16N3+. The van der Waals surface area contributed by atoms with Gasteiger partial charge in [-0.05, 0) is 17.7 Å². The van der Waals surface area contributed by atoms with E-state index in [1.165, 1.54) is 0 Å². The molecule has 0 spiro atoms. The first-order chi connectivity index (χ1) is 7.68. The summed E-state index contributed by atoms with van der Waals surface area (Å²) in [4.78, 5) is 0. The first kappa shape index (κ1) is 11.9. The zero-order valence-electron chi connectivity index (χ0n) is 9.43. The van der Waals surface area contributed by atoms with E-state index in [0.717, 1.165) is 11.3 Å². The third kappa shape index (κ3) is 4.91. The Morgan fingerprint density at radius 2 is 2.06 bits per heavy atom. The highest BCUT2D eigenvalue weighted by molar-refractivity contribution is 5.81. The summed E-state index contributed by atoms with van der Waals surface area (Å²) in [6.07, 6.45) is 5.31. The van der Waals surface area contributed by atoms with E-state index in [1.807, 2.05) is 49.7 Å². The topological polar surface area (TPSA) is 27.4 Å². The van der Waals surface area contributed by atoms with Crippen molar-refractivity contribution in [2.75, 3.05) is 12.5 Å². The minimum Gasteiger partial charge on any atom is -0.279 e. The summed E-state index contributed by atoms with van der Waals surface area (Å²) in [7, 11) is 1.85. The lowest BCUT2D eigenvalue weighted by Gasteiger charge is -1.97. The molecule has 1 N–H and O–H groups in total. The van der Waals surface area contributed by atoms with Crippen LogP contribution in [0, 0.1) is 0 Å². The maximum atomic E-state index is 4.05. The molecule has 0 aliphatic rings. The molecule has 0 aromatic heterocycles. The van der Waals surface area contributed by atoms with Gasteiger partial charge in [-0.2, -0.15) is 5.10 Å². The van der Waals surface area contributed by atoms with Crippen molar-refractivity contribution in [1.29, 1.82) is 0 Å². The second kappa shape index (κ2) is 6.35. The molecule has 16 heavy (non-hydrogen) atoms. The van der Waals surface area contributed by atoms with Crippen LogP contribution < -0.4 is 5.43 Å². The van der Waals surface area contributed by atoms with Gasteiger partial charge in [-0.3, -0.25) is 5.43 Å². The van der Waals surface area contributed by atoms with E-state index < -0.39 is 0 Å². The summed E-state index contributed by atoms with van der Waals surface area (Å²) in [6, 6.07) is 9.74. The quantitative estimate of drug-likeness (QED) is 0.347. The number of allylic oxidation sites excluding steroid dienone is 2. The highest BCUT2D eigenvalue weighted by Crippen LogP contribution is 2.04. The molecule has 0 atom stereocenters. The molecule has 0 aliphatic heterocycles. The van der Waals surface area contributed by atoms with E-state index in [9.17, 15) is 0 Å². The molecule has 82 valence electrons. The predicted octanol–water partition coefficient (Wildman–Crippen LogP) is 2.50. The molecule has 0 fully saturated rings. The Kier molecular flexibility index (Phi) is 4.73. The predicted molar refractivity (Wildman–Crippen MR) is 70.1 cm³/mol. The lowest BCUT2D eigenvalue weighted by Crippen LogP contribution is -1.91. The van der Waals surface area contributed by atoms with Crippen molar-refractivity contribution in [3.8, 4) is 0 Å². The van der Waals surface area contributed by atoms with Gasteiger partial charge in [0.2, 0.25) is 0 Å². The van der Waals surface area contributed by atoms with Crippen LogP contribution in [0.3, 0.4) is 0 Å². The average molecular weight is 214 g/mol. The summed E-state index contributed by atoms with van der Waals surface area (Å²) < 4.78 is 1.70. The molecule has 0 bridgehead atoms. The van der Waals surface area contributed by atoms with Gasteiger partial charge < -0.3 is 0 Å². The van der Waals surface area contributed by atoms with Crippen LogP contribution in [-0.4, -0.2) is 24.6 Å². The van der Waals surface area contributed by atoms with Gasteiger partial charge in [0, 0.05) is 6.08 Å². The Hall–Kier alpha value is -2.16. The maximum Gasteiger partial charge on any atom is 0.168 e. The van der Waals surface area contributed by atoms with Gasteiger partial charge in [-0.15, -0.1) is 0 Å². The summed E-state index contributed by atoms with van der Waals surface area (Å²) in [5.74, 6) is 0. The Labute approximate surface area is 96.1 Å². The van der Waals surface area contributed by atoms with E-state index in [4.69, 9.17) is 0 Å². The molecule has 3 nitrogen and oxygen atoms in total. The molecule has 0 radical (unpaired) electrons. The number of nitrogens with zero attached hydrogens (tertiary/aromatic N) is 2. The van der Waals surface area contributed by atoms with Gasteiger partial charge in [0.25, 0.3) is 0 Å². The lowest BCUT2D eigenvalue weighted by molar-refractivity contribution is -0.412. The summed E-state index contributed by atoms with van der Waals surface area (Å²) in [5, 5.41) is 4.05. The van der Waals surface area contributed by atoms with Gasteiger partial charge >= 0.3 is 0 Å². The maximum absolute atomic E-state index is 4.05. The van der Waals surface area contributed by atoms with Crippen molar-refractivity contribution in [3.63, 3.8) is 0 Å². The Morgan fingerprint density at radius 3 is 2.69 bits per heavy atom. The van der Waals surface area contributed by atoms with Gasteiger partial charge in [0.15, 0.2) is 6.20 Å². The van der Waals surface area contributed by atoms with Crippen molar-refractivity contribution in [3.05, 3.63) is 54.8 Å². The van der Waals surface area contributed by atoms with Crippen molar-refractivity contribution in [2.45, 2.75) is 0 Å². The Bertz CT molecular complexity index is 416. The zero-order chi connectivity index (χ0) is 11.8. The fourth-order valence-electron chi connectivity index (χ4n) is 0.968. The molecule has 1 aromatic carbocycles. The van der Waals surface area contributed by atoms with Crippen LogP contribution in [0.1, 0.15) is 0 Å². The SMILES string of the molecule is C=C(/C=C\[N+](=C)C)/C=N/Nc1ccccc1. The normalized spacial score (nSPS) is 10.8. The van der Waals surface area contributed by atoms with Crippen molar-refractivity contribution < 1.29 is 4.58 Å². The van der Waals surface area contributed by atoms with Crippen LogP contribution in [0.15, 0.2) is 59.9 Å². The number of rotatable bonds is 5. The minimum absolute atomic E-state index is 0.805. The van der Waals surface area contributed by atoms with Crippen LogP contribution in [0.4, 0.5) is 5.69 Å². The first-order valence-corrected chi connectivity index (χ1v) is 4.93. The summed E-state index contributed by atoms with van der Waals surface area (Å²) in [6.45, 7) is 7.51. The smallest absolute Gasteiger partial charge is 0.168 e. The fourth-order valence-corrected chi connectivity index (χ4v) is 0.968. The van der Waals surface area contributed by atoms with Gasteiger partial charge in [0.05, 0.1) is 11.9 Å². The molecule has 1 aromatic rings.